The first kappa shape index (κ1) is 15.9. The Balaban J connectivity index is 1.68. The third-order valence-electron chi connectivity index (χ3n) is 4.79. The molecule has 6 nitrogen and oxygen atoms in total. The average Bonchev–Trinajstić information content (AvgIpc) is 2.47. The molecule has 122 valence electrons. The number of rotatable bonds is 4. The Labute approximate surface area is 132 Å². The lowest BCUT2D eigenvalue weighted by Gasteiger charge is -2.52. The van der Waals surface area contributed by atoms with Crippen LogP contribution in [0.2, 0.25) is 0 Å². The first-order chi connectivity index (χ1) is 10.5. The van der Waals surface area contributed by atoms with Crippen LogP contribution < -0.4 is 0 Å². The van der Waals surface area contributed by atoms with Crippen LogP contribution in [-0.4, -0.2) is 67.8 Å². The van der Waals surface area contributed by atoms with Crippen molar-refractivity contribution in [1.82, 2.24) is 14.2 Å². The van der Waals surface area contributed by atoms with Crippen molar-refractivity contribution in [2.24, 2.45) is 0 Å². The molecule has 1 aromatic heterocycles. The smallest absolute Gasteiger partial charge is 0.211 e. The van der Waals surface area contributed by atoms with Gasteiger partial charge in [0.25, 0.3) is 0 Å². The number of aromatic nitrogens is 1. The van der Waals surface area contributed by atoms with Crippen LogP contribution in [0.5, 0.6) is 0 Å². The zero-order valence-electron chi connectivity index (χ0n) is 13.1. The molecule has 2 aliphatic rings. The van der Waals surface area contributed by atoms with Gasteiger partial charge in [0.1, 0.15) is 0 Å². The molecule has 0 spiro atoms. The first-order valence-electron chi connectivity index (χ1n) is 7.64. The predicted octanol–water partition coefficient (Wildman–Crippen LogP) is 0.877. The molecular weight excluding hydrogens is 302 g/mol. The van der Waals surface area contributed by atoms with Crippen molar-refractivity contribution in [2.75, 3.05) is 33.0 Å². The molecule has 0 radical (unpaired) electrons. The van der Waals surface area contributed by atoms with Crippen LogP contribution in [0.3, 0.4) is 0 Å². The summed E-state index contributed by atoms with van der Waals surface area (Å²) in [5, 5.41) is 0. The Kier molecular flexibility index (Phi) is 4.49. The minimum atomic E-state index is -3.06. The molecule has 22 heavy (non-hydrogen) atoms. The predicted molar refractivity (Wildman–Crippen MR) is 83.9 cm³/mol. The van der Waals surface area contributed by atoms with Crippen LogP contribution >= 0.6 is 0 Å². The monoisotopic (exact) mass is 325 g/mol. The van der Waals surface area contributed by atoms with E-state index in [0.29, 0.717) is 19.1 Å². The summed E-state index contributed by atoms with van der Waals surface area (Å²) in [6.45, 7) is 2.12. The van der Waals surface area contributed by atoms with Crippen molar-refractivity contribution in [3.8, 4) is 0 Å². The normalized spacial score (nSPS) is 28.5. The van der Waals surface area contributed by atoms with E-state index in [1.165, 1.54) is 11.8 Å². The number of hydrogen-bond acceptors (Lipinski definition) is 5. The van der Waals surface area contributed by atoms with Crippen LogP contribution in [-0.2, 0) is 14.8 Å². The summed E-state index contributed by atoms with van der Waals surface area (Å²) in [6.07, 6.45) is 6.90. The molecule has 2 atom stereocenters. The lowest BCUT2D eigenvalue weighted by molar-refractivity contribution is -0.114. The van der Waals surface area contributed by atoms with Crippen LogP contribution in [0.25, 0.3) is 0 Å². The summed E-state index contributed by atoms with van der Waals surface area (Å²) in [6, 6.07) is 4.68. The third kappa shape index (κ3) is 3.03. The highest BCUT2D eigenvalue weighted by atomic mass is 32.2. The minimum Gasteiger partial charge on any atom is -0.378 e. The maximum atomic E-state index is 11.6. The van der Waals surface area contributed by atoms with Gasteiger partial charge in [-0.25, -0.2) is 12.7 Å². The molecule has 3 heterocycles. The van der Waals surface area contributed by atoms with E-state index in [1.807, 2.05) is 12.3 Å². The van der Waals surface area contributed by atoms with E-state index < -0.39 is 10.0 Å². The summed E-state index contributed by atoms with van der Waals surface area (Å²) in [5.74, 6) is 0. The van der Waals surface area contributed by atoms with Gasteiger partial charge in [-0.2, -0.15) is 0 Å². The summed E-state index contributed by atoms with van der Waals surface area (Å²) >= 11 is 0. The Morgan fingerprint density at radius 2 is 2.05 bits per heavy atom. The van der Waals surface area contributed by atoms with Gasteiger partial charge in [-0.3, -0.25) is 9.88 Å². The highest BCUT2D eigenvalue weighted by Gasteiger charge is 2.44. The second-order valence-corrected chi connectivity index (χ2v) is 8.08. The summed E-state index contributed by atoms with van der Waals surface area (Å²) in [7, 11) is -1.32. The molecule has 2 saturated heterocycles. The second-order valence-electron chi connectivity index (χ2n) is 6.10. The molecule has 2 fully saturated rings. The minimum absolute atomic E-state index is 0.192. The topological polar surface area (TPSA) is 62.7 Å². The van der Waals surface area contributed by atoms with E-state index in [0.717, 1.165) is 19.4 Å². The van der Waals surface area contributed by atoms with Crippen LogP contribution in [0, 0.1) is 0 Å². The highest BCUT2D eigenvalue weighted by molar-refractivity contribution is 7.88. The quantitative estimate of drug-likeness (QED) is 0.822. The Bertz CT molecular complexity index is 600. The molecule has 0 aliphatic carbocycles. The molecule has 0 N–H and O–H groups in total. The molecule has 0 amide bonds. The van der Waals surface area contributed by atoms with Gasteiger partial charge < -0.3 is 4.74 Å². The van der Waals surface area contributed by atoms with Gasteiger partial charge in [-0.15, -0.1) is 0 Å². The summed E-state index contributed by atoms with van der Waals surface area (Å²) in [5.41, 5.74) is 1.17. The molecule has 7 heteroatoms. The maximum Gasteiger partial charge on any atom is 0.211 e. The Hall–Kier alpha value is -1.02. The van der Waals surface area contributed by atoms with Crippen molar-refractivity contribution >= 4 is 10.0 Å². The van der Waals surface area contributed by atoms with Gasteiger partial charge in [0.15, 0.2) is 0 Å². The standard InChI is InChI=1S/C15H23N3O3S/c1-21-14-11-18(15(14)12-4-3-7-16-10-12)13-5-8-17(9-6-13)22(2,19)20/h3-4,7,10,13-15H,5-6,8-9,11H2,1-2H3/t14-,15-/m0/s1. The van der Waals surface area contributed by atoms with Crippen LogP contribution in [0.4, 0.5) is 0 Å². The fourth-order valence-electron chi connectivity index (χ4n) is 3.54. The SMILES string of the molecule is CO[C@H]1CN(C2CCN(S(C)(=O)=O)CC2)[C@H]1c1cccnc1. The molecule has 3 rings (SSSR count). The van der Waals surface area contributed by atoms with Crippen molar-refractivity contribution < 1.29 is 13.2 Å². The van der Waals surface area contributed by atoms with Crippen molar-refractivity contribution in [1.29, 1.82) is 0 Å². The molecule has 0 bridgehead atoms. The number of pyridine rings is 1. The molecule has 0 aromatic carbocycles. The maximum absolute atomic E-state index is 11.6. The van der Waals surface area contributed by atoms with Gasteiger partial charge in [0.2, 0.25) is 10.0 Å². The van der Waals surface area contributed by atoms with E-state index >= 15 is 0 Å². The molecule has 0 saturated carbocycles. The summed E-state index contributed by atoms with van der Waals surface area (Å²) < 4.78 is 30.4. The van der Waals surface area contributed by atoms with Crippen molar-refractivity contribution in [2.45, 2.75) is 31.0 Å². The zero-order chi connectivity index (χ0) is 15.7. The fourth-order valence-corrected chi connectivity index (χ4v) is 4.41. The molecular formula is C15H23N3O3S. The number of sulfonamides is 1. The Morgan fingerprint density at radius 3 is 2.59 bits per heavy atom. The largest absolute Gasteiger partial charge is 0.378 e. The van der Waals surface area contributed by atoms with E-state index in [-0.39, 0.29) is 12.1 Å². The van der Waals surface area contributed by atoms with Crippen molar-refractivity contribution in [3.63, 3.8) is 0 Å². The van der Waals surface area contributed by atoms with E-state index in [1.54, 1.807) is 17.6 Å². The van der Waals surface area contributed by atoms with Gasteiger partial charge in [-0.05, 0) is 24.5 Å². The summed E-state index contributed by atoms with van der Waals surface area (Å²) in [4.78, 5) is 6.65. The van der Waals surface area contributed by atoms with Gasteiger partial charge in [0, 0.05) is 45.2 Å². The average molecular weight is 325 g/mol. The zero-order valence-corrected chi connectivity index (χ0v) is 13.9. The lowest BCUT2D eigenvalue weighted by atomic mass is 9.88. The van der Waals surface area contributed by atoms with Crippen LogP contribution in [0.1, 0.15) is 24.4 Å². The molecule has 2 aliphatic heterocycles. The number of methoxy groups -OCH3 is 1. The molecule has 0 unspecified atom stereocenters. The van der Waals surface area contributed by atoms with E-state index in [4.69, 9.17) is 4.74 Å². The number of ether oxygens (including phenoxy) is 1. The van der Waals surface area contributed by atoms with Gasteiger partial charge >= 0.3 is 0 Å². The fraction of sp³-hybridized carbons (Fsp3) is 0.667. The van der Waals surface area contributed by atoms with Gasteiger partial charge in [0.05, 0.1) is 18.4 Å². The molecule has 1 aromatic rings. The second kappa shape index (κ2) is 6.23. The van der Waals surface area contributed by atoms with Crippen molar-refractivity contribution in [3.05, 3.63) is 30.1 Å². The highest BCUT2D eigenvalue weighted by Crippen LogP contribution is 2.39. The number of likely N-dealkylation sites (tertiary alicyclic amines) is 1. The first-order valence-corrected chi connectivity index (χ1v) is 9.49. The number of piperidine rings is 1. The number of nitrogens with zero attached hydrogens (tertiary/aromatic N) is 3. The van der Waals surface area contributed by atoms with Crippen LogP contribution in [0.15, 0.2) is 24.5 Å². The Morgan fingerprint density at radius 1 is 1.32 bits per heavy atom. The lowest BCUT2D eigenvalue weighted by Crippen LogP contribution is -2.60. The van der Waals surface area contributed by atoms with E-state index in [2.05, 4.69) is 16.0 Å². The number of hydrogen-bond donors (Lipinski definition) is 0. The van der Waals surface area contributed by atoms with E-state index in [9.17, 15) is 8.42 Å². The van der Waals surface area contributed by atoms with Gasteiger partial charge in [-0.1, -0.05) is 6.07 Å². The third-order valence-corrected chi connectivity index (χ3v) is 6.09.